The first-order valence-electron chi connectivity index (χ1n) is 6.82. The van der Waals surface area contributed by atoms with E-state index in [9.17, 15) is 0 Å². The first-order valence-corrected chi connectivity index (χ1v) is 6.82. The molecule has 2 heteroatoms. The van der Waals surface area contributed by atoms with E-state index in [0.717, 1.165) is 12.2 Å². The van der Waals surface area contributed by atoms with Gasteiger partial charge in [0.1, 0.15) is 5.75 Å². The van der Waals surface area contributed by atoms with Crippen LogP contribution in [-0.2, 0) is 0 Å². The minimum Gasteiger partial charge on any atom is -0.490 e. The number of benzene rings is 1. The summed E-state index contributed by atoms with van der Waals surface area (Å²) in [4.78, 5) is 0. The lowest BCUT2D eigenvalue weighted by Gasteiger charge is -2.23. The van der Waals surface area contributed by atoms with E-state index < -0.39 is 0 Å². The SMILES string of the molecule is CCC(N)c1ccc(OC2CCCCC2)cc1. The summed E-state index contributed by atoms with van der Waals surface area (Å²) in [6.45, 7) is 2.11. The van der Waals surface area contributed by atoms with Gasteiger partial charge >= 0.3 is 0 Å². The number of ether oxygens (including phenoxy) is 1. The molecule has 2 rings (SSSR count). The second-order valence-electron chi connectivity index (χ2n) is 4.96. The molecule has 0 amide bonds. The van der Waals surface area contributed by atoms with Gasteiger partial charge in [0.25, 0.3) is 0 Å². The Bertz CT molecular complexity index is 327. The maximum absolute atomic E-state index is 5.99. The van der Waals surface area contributed by atoms with Crippen LogP contribution in [0.5, 0.6) is 5.75 Å². The standard InChI is InChI=1S/C15H23NO/c1-2-15(16)12-8-10-14(11-9-12)17-13-6-4-3-5-7-13/h8-11,13,15H,2-7,16H2,1H3. The van der Waals surface area contributed by atoms with Crippen LogP contribution in [0.3, 0.4) is 0 Å². The first kappa shape index (κ1) is 12.4. The van der Waals surface area contributed by atoms with Gasteiger partial charge in [-0.3, -0.25) is 0 Å². The number of nitrogens with two attached hydrogens (primary N) is 1. The molecule has 1 aliphatic carbocycles. The highest BCUT2D eigenvalue weighted by molar-refractivity contribution is 5.29. The van der Waals surface area contributed by atoms with E-state index >= 15 is 0 Å². The van der Waals surface area contributed by atoms with Crippen molar-refractivity contribution in [3.8, 4) is 5.75 Å². The Labute approximate surface area is 104 Å². The lowest BCUT2D eigenvalue weighted by molar-refractivity contribution is 0.155. The highest BCUT2D eigenvalue weighted by Gasteiger charge is 2.14. The minimum atomic E-state index is 0.152. The van der Waals surface area contributed by atoms with Crippen LogP contribution in [0.15, 0.2) is 24.3 Å². The maximum atomic E-state index is 5.99. The molecule has 2 N–H and O–H groups in total. The van der Waals surface area contributed by atoms with Gasteiger partial charge in [0.15, 0.2) is 0 Å². The topological polar surface area (TPSA) is 35.2 Å². The molecule has 1 aromatic carbocycles. The summed E-state index contributed by atoms with van der Waals surface area (Å²) in [5, 5.41) is 0. The predicted octanol–water partition coefficient (Wildman–Crippen LogP) is 3.81. The molecule has 0 radical (unpaired) electrons. The third-order valence-corrected chi connectivity index (χ3v) is 3.60. The molecule has 0 bridgehead atoms. The van der Waals surface area contributed by atoms with Gasteiger partial charge in [0, 0.05) is 6.04 Å². The van der Waals surface area contributed by atoms with Crippen LogP contribution in [0.2, 0.25) is 0 Å². The molecule has 17 heavy (non-hydrogen) atoms. The lowest BCUT2D eigenvalue weighted by atomic mass is 9.98. The van der Waals surface area contributed by atoms with Crippen molar-refractivity contribution in [2.24, 2.45) is 5.73 Å². The fourth-order valence-electron chi connectivity index (χ4n) is 2.40. The van der Waals surface area contributed by atoms with Crippen LogP contribution in [0, 0.1) is 0 Å². The Morgan fingerprint density at radius 2 is 1.82 bits per heavy atom. The summed E-state index contributed by atoms with van der Waals surface area (Å²) in [6.07, 6.45) is 7.79. The third-order valence-electron chi connectivity index (χ3n) is 3.60. The van der Waals surface area contributed by atoms with Gasteiger partial charge in [0.2, 0.25) is 0 Å². The van der Waals surface area contributed by atoms with Crippen molar-refractivity contribution in [3.05, 3.63) is 29.8 Å². The summed E-state index contributed by atoms with van der Waals surface area (Å²) in [5.41, 5.74) is 7.19. The summed E-state index contributed by atoms with van der Waals surface area (Å²) >= 11 is 0. The third kappa shape index (κ3) is 3.47. The van der Waals surface area contributed by atoms with Crippen LogP contribution in [0.25, 0.3) is 0 Å². The van der Waals surface area contributed by atoms with Crippen molar-refractivity contribution in [1.82, 2.24) is 0 Å². The van der Waals surface area contributed by atoms with Gasteiger partial charge in [-0.2, -0.15) is 0 Å². The summed E-state index contributed by atoms with van der Waals surface area (Å²) in [7, 11) is 0. The number of rotatable bonds is 4. The van der Waals surface area contributed by atoms with Crippen LogP contribution >= 0.6 is 0 Å². The quantitative estimate of drug-likeness (QED) is 0.858. The minimum absolute atomic E-state index is 0.152. The Balaban J connectivity index is 1.93. The zero-order valence-corrected chi connectivity index (χ0v) is 10.7. The van der Waals surface area contributed by atoms with Crippen molar-refractivity contribution in [1.29, 1.82) is 0 Å². The molecule has 0 aliphatic heterocycles. The maximum Gasteiger partial charge on any atom is 0.119 e. The molecule has 1 saturated carbocycles. The molecule has 0 aromatic heterocycles. The van der Waals surface area contributed by atoms with E-state index in [-0.39, 0.29) is 6.04 Å². The largest absolute Gasteiger partial charge is 0.490 e. The van der Waals surface area contributed by atoms with E-state index in [1.54, 1.807) is 0 Å². The van der Waals surface area contributed by atoms with Gasteiger partial charge in [-0.1, -0.05) is 25.5 Å². The second-order valence-corrected chi connectivity index (χ2v) is 4.96. The van der Waals surface area contributed by atoms with Crippen LogP contribution in [-0.4, -0.2) is 6.10 Å². The van der Waals surface area contributed by atoms with Crippen molar-refractivity contribution in [3.63, 3.8) is 0 Å². The summed E-state index contributed by atoms with van der Waals surface area (Å²) in [5.74, 6) is 0.990. The Morgan fingerprint density at radius 3 is 2.41 bits per heavy atom. The summed E-state index contributed by atoms with van der Waals surface area (Å²) < 4.78 is 5.98. The highest BCUT2D eigenvalue weighted by Crippen LogP contribution is 2.24. The zero-order chi connectivity index (χ0) is 12.1. The predicted molar refractivity (Wildman–Crippen MR) is 71.2 cm³/mol. The number of hydrogen-bond acceptors (Lipinski definition) is 2. The van der Waals surface area contributed by atoms with Crippen LogP contribution < -0.4 is 10.5 Å². The molecule has 0 heterocycles. The molecule has 1 atom stereocenters. The molecule has 2 nitrogen and oxygen atoms in total. The van der Waals surface area contributed by atoms with Crippen molar-refractivity contribution in [2.45, 2.75) is 57.6 Å². The van der Waals surface area contributed by atoms with Crippen LogP contribution in [0.4, 0.5) is 0 Å². The first-order chi connectivity index (χ1) is 8.29. The summed E-state index contributed by atoms with van der Waals surface area (Å²) in [6, 6.07) is 8.44. The Kier molecular flexibility index (Phi) is 4.43. The average Bonchev–Trinajstić information content (AvgIpc) is 2.40. The van der Waals surface area contributed by atoms with E-state index in [1.807, 2.05) is 0 Å². The normalized spacial score (nSPS) is 18.9. The van der Waals surface area contributed by atoms with Gasteiger partial charge < -0.3 is 10.5 Å². The van der Waals surface area contributed by atoms with Gasteiger partial charge in [-0.15, -0.1) is 0 Å². The average molecular weight is 233 g/mol. The molecule has 0 spiro atoms. The van der Waals surface area contributed by atoms with Gasteiger partial charge in [-0.05, 0) is 49.8 Å². The lowest BCUT2D eigenvalue weighted by Crippen LogP contribution is -2.19. The monoisotopic (exact) mass is 233 g/mol. The molecule has 1 fully saturated rings. The van der Waals surface area contributed by atoms with E-state index in [1.165, 1.54) is 37.7 Å². The number of hydrogen-bond donors (Lipinski definition) is 1. The Hall–Kier alpha value is -1.02. The van der Waals surface area contributed by atoms with E-state index in [2.05, 4.69) is 31.2 Å². The Morgan fingerprint density at radius 1 is 1.18 bits per heavy atom. The van der Waals surface area contributed by atoms with Gasteiger partial charge in [0.05, 0.1) is 6.10 Å². The smallest absolute Gasteiger partial charge is 0.119 e. The molecule has 1 aliphatic rings. The highest BCUT2D eigenvalue weighted by atomic mass is 16.5. The van der Waals surface area contributed by atoms with Crippen molar-refractivity contribution in [2.75, 3.05) is 0 Å². The van der Waals surface area contributed by atoms with Gasteiger partial charge in [-0.25, -0.2) is 0 Å². The molecule has 1 aromatic rings. The molecule has 94 valence electrons. The van der Waals surface area contributed by atoms with Crippen LogP contribution in [0.1, 0.15) is 57.1 Å². The van der Waals surface area contributed by atoms with Crippen molar-refractivity contribution >= 4 is 0 Å². The fraction of sp³-hybridized carbons (Fsp3) is 0.600. The molecule has 0 saturated heterocycles. The molecule has 1 unspecified atom stereocenters. The zero-order valence-electron chi connectivity index (χ0n) is 10.7. The van der Waals surface area contributed by atoms with E-state index in [0.29, 0.717) is 6.10 Å². The second kappa shape index (κ2) is 6.06. The molecular formula is C15H23NO. The fourth-order valence-corrected chi connectivity index (χ4v) is 2.40. The molecular weight excluding hydrogens is 210 g/mol. The van der Waals surface area contributed by atoms with Crippen molar-refractivity contribution < 1.29 is 4.74 Å². The van der Waals surface area contributed by atoms with E-state index in [4.69, 9.17) is 10.5 Å².